The number of hydrogen-bond donors (Lipinski definition) is 1. The van der Waals surface area contributed by atoms with E-state index in [2.05, 4.69) is 27.2 Å². The molecule has 0 saturated heterocycles. The lowest BCUT2D eigenvalue weighted by Gasteiger charge is -2.12. The van der Waals surface area contributed by atoms with Crippen molar-refractivity contribution in [2.75, 3.05) is 19.0 Å². The van der Waals surface area contributed by atoms with Crippen LogP contribution >= 0.6 is 27.5 Å². The van der Waals surface area contributed by atoms with Crippen LogP contribution in [0.3, 0.4) is 0 Å². The van der Waals surface area contributed by atoms with Gasteiger partial charge in [-0.15, -0.1) is 6.42 Å². The smallest absolute Gasteiger partial charge is 0.266 e. The van der Waals surface area contributed by atoms with Gasteiger partial charge in [0.1, 0.15) is 18.2 Å². The molecular weight excluding hydrogens is 432 g/mol. The summed E-state index contributed by atoms with van der Waals surface area (Å²) in [6.45, 7) is 0.0321. The topological polar surface area (TPSA) is 71.3 Å². The van der Waals surface area contributed by atoms with Crippen molar-refractivity contribution in [2.24, 2.45) is 0 Å². The number of carbonyl (C=O) groups excluding carboxylic acids is 1. The average molecular weight is 446 g/mol. The number of hydrogen-bond acceptors (Lipinski definition) is 4. The van der Waals surface area contributed by atoms with E-state index in [0.29, 0.717) is 22.7 Å². The van der Waals surface area contributed by atoms with E-state index in [-0.39, 0.29) is 17.2 Å². The van der Waals surface area contributed by atoms with Gasteiger partial charge < -0.3 is 14.8 Å². The number of methoxy groups -OCH3 is 1. The standard InChI is InChI=1S/C20H14BrClN2O3/c1-3-8-27-19-17(22)10-13(11-18(19)26-2)9-14(12-23)20(25)24-16-6-4-15(21)5-7-16/h1,4-7,9-11H,8H2,2H3,(H,24,25)/b14-9-. The lowest BCUT2D eigenvalue weighted by Crippen LogP contribution is -2.13. The average Bonchev–Trinajstić information content (AvgIpc) is 2.66. The Labute approximate surface area is 170 Å². The Morgan fingerprint density at radius 1 is 1.37 bits per heavy atom. The van der Waals surface area contributed by atoms with Crippen molar-refractivity contribution in [1.82, 2.24) is 0 Å². The summed E-state index contributed by atoms with van der Waals surface area (Å²) >= 11 is 9.53. The zero-order valence-electron chi connectivity index (χ0n) is 14.3. The Morgan fingerprint density at radius 2 is 2.07 bits per heavy atom. The Hall–Kier alpha value is -2.93. The molecule has 0 aliphatic rings. The molecular formula is C20H14BrClN2O3. The third kappa shape index (κ3) is 5.52. The SMILES string of the molecule is C#CCOc1c(Cl)cc(/C=C(/C#N)C(=O)Nc2ccc(Br)cc2)cc1OC. The van der Waals surface area contributed by atoms with Crippen LogP contribution < -0.4 is 14.8 Å². The number of benzene rings is 2. The normalized spacial score (nSPS) is 10.5. The number of rotatable bonds is 6. The second-order valence-corrected chi connectivity index (χ2v) is 6.48. The third-order valence-corrected chi connectivity index (χ3v) is 4.14. The summed E-state index contributed by atoms with van der Waals surface area (Å²) in [7, 11) is 1.45. The van der Waals surface area contributed by atoms with Crippen LogP contribution in [-0.2, 0) is 4.79 Å². The van der Waals surface area contributed by atoms with Gasteiger partial charge in [0.2, 0.25) is 0 Å². The molecule has 2 aromatic carbocycles. The van der Waals surface area contributed by atoms with Crippen LogP contribution in [0.2, 0.25) is 5.02 Å². The minimum atomic E-state index is -0.539. The van der Waals surface area contributed by atoms with E-state index in [1.807, 2.05) is 6.07 Å². The molecule has 0 radical (unpaired) electrons. The van der Waals surface area contributed by atoms with Crippen LogP contribution in [0.25, 0.3) is 6.08 Å². The minimum Gasteiger partial charge on any atom is -0.493 e. The molecule has 0 atom stereocenters. The van der Waals surface area contributed by atoms with Gasteiger partial charge in [0, 0.05) is 10.2 Å². The van der Waals surface area contributed by atoms with Crippen molar-refractivity contribution in [3.8, 4) is 29.9 Å². The molecule has 27 heavy (non-hydrogen) atoms. The van der Waals surface area contributed by atoms with Crippen molar-refractivity contribution in [3.05, 3.63) is 57.0 Å². The molecule has 5 nitrogen and oxygen atoms in total. The fourth-order valence-corrected chi connectivity index (χ4v) is 2.66. The number of halogens is 2. The largest absolute Gasteiger partial charge is 0.493 e. The van der Waals surface area contributed by atoms with Gasteiger partial charge in [-0.2, -0.15) is 5.26 Å². The molecule has 2 rings (SSSR count). The molecule has 0 fully saturated rings. The van der Waals surface area contributed by atoms with E-state index >= 15 is 0 Å². The molecule has 1 N–H and O–H groups in total. The summed E-state index contributed by atoms with van der Waals surface area (Å²) in [5.74, 6) is 2.45. The van der Waals surface area contributed by atoms with Crippen LogP contribution in [0.5, 0.6) is 11.5 Å². The van der Waals surface area contributed by atoms with Crippen molar-refractivity contribution in [1.29, 1.82) is 5.26 Å². The molecule has 0 spiro atoms. The highest BCUT2D eigenvalue weighted by atomic mass is 79.9. The first kappa shape index (κ1) is 20.4. The number of nitrogens with zero attached hydrogens (tertiary/aromatic N) is 1. The fraction of sp³-hybridized carbons (Fsp3) is 0.100. The third-order valence-electron chi connectivity index (χ3n) is 3.33. The first-order valence-corrected chi connectivity index (χ1v) is 8.78. The number of nitriles is 1. The summed E-state index contributed by atoms with van der Waals surface area (Å²) in [4.78, 5) is 12.4. The van der Waals surface area contributed by atoms with Gasteiger partial charge in [-0.3, -0.25) is 4.79 Å². The fourth-order valence-electron chi connectivity index (χ4n) is 2.12. The van der Waals surface area contributed by atoms with Crippen LogP contribution in [0.4, 0.5) is 5.69 Å². The van der Waals surface area contributed by atoms with Crippen LogP contribution in [0.15, 0.2) is 46.4 Å². The second kappa shape index (κ2) is 9.68. The maximum atomic E-state index is 12.4. The highest BCUT2D eigenvalue weighted by Gasteiger charge is 2.14. The van der Waals surface area contributed by atoms with Crippen molar-refractivity contribution in [2.45, 2.75) is 0 Å². The molecule has 0 bridgehead atoms. The van der Waals surface area contributed by atoms with Crippen LogP contribution in [-0.4, -0.2) is 19.6 Å². The maximum Gasteiger partial charge on any atom is 0.266 e. The van der Waals surface area contributed by atoms with Gasteiger partial charge in [0.25, 0.3) is 5.91 Å². The summed E-state index contributed by atoms with van der Waals surface area (Å²) in [5, 5.41) is 12.3. The predicted molar refractivity (Wildman–Crippen MR) is 109 cm³/mol. The number of carbonyl (C=O) groups is 1. The van der Waals surface area contributed by atoms with Crippen molar-refractivity contribution in [3.63, 3.8) is 0 Å². The number of anilines is 1. The molecule has 0 saturated carbocycles. The zero-order chi connectivity index (χ0) is 19.8. The first-order valence-electron chi connectivity index (χ1n) is 7.61. The minimum absolute atomic E-state index is 0.0321. The molecule has 136 valence electrons. The highest BCUT2D eigenvalue weighted by Crippen LogP contribution is 2.37. The highest BCUT2D eigenvalue weighted by molar-refractivity contribution is 9.10. The predicted octanol–water partition coefficient (Wildman–Crippen LogP) is 4.67. The first-order chi connectivity index (χ1) is 13.0. The monoisotopic (exact) mass is 444 g/mol. The number of nitrogens with one attached hydrogen (secondary N) is 1. The lowest BCUT2D eigenvalue weighted by atomic mass is 10.1. The number of ether oxygens (including phenoxy) is 2. The Kier molecular flexibility index (Phi) is 7.31. The number of amides is 1. The second-order valence-electron chi connectivity index (χ2n) is 5.16. The van der Waals surface area contributed by atoms with Gasteiger partial charge in [0.05, 0.1) is 12.1 Å². The van der Waals surface area contributed by atoms with Crippen LogP contribution in [0, 0.1) is 23.7 Å². The van der Waals surface area contributed by atoms with Gasteiger partial charge in [0.15, 0.2) is 11.5 Å². The number of terminal acetylenes is 1. The Bertz CT molecular complexity index is 957. The molecule has 0 aromatic heterocycles. The van der Waals surface area contributed by atoms with E-state index in [9.17, 15) is 10.1 Å². The molecule has 2 aromatic rings. The maximum absolute atomic E-state index is 12.4. The Morgan fingerprint density at radius 3 is 2.67 bits per heavy atom. The molecule has 0 heterocycles. The van der Waals surface area contributed by atoms with E-state index < -0.39 is 5.91 Å². The lowest BCUT2D eigenvalue weighted by molar-refractivity contribution is -0.112. The zero-order valence-corrected chi connectivity index (χ0v) is 16.6. The van der Waals surface area contributed by atoms with E-state index in [4.69, 9.17) is 27.5 Å². The molecule has 0 aliphatic heterocycles. The molecule has 0 aliphatic carbocycles. The van der Waals surface area contributed by atoms with Gasteiger partial charge in [-0.25, -0.2) is 0 Å². The summed E-state index contributed by atoms with van der Waals surface area (Å²) < 4.78 is 11.5. The summed E-state index contributed by atoms with van der Waals surface area (Å²) in [6.07, 6.45) is 6.60. The van der Waals surface area contributed by atoms with E-state index in [1.54, 1.807) is 36.4 Å². The Balaban J connectivity index is 2.29. The summed E-state index contributed by atoms with van der Waals surface area (Å²) in [6, 6.07) is 12.0. The van der Waals surface area contributed by atoms with E-state index in [0.717, 1.165) is 4.47 Å². The summed E-state index contributed by atoms with van der Waals surface area (Å²) in [5.41, 5.74) is 0.985. The van der Waals surface area contributed by atoms with Gasteiger partial charge in [-0.1, -0.05) is 33.5 Å². The molecule has 7 heteroatoms. The van der Waals surface area contributed by atoms with Crippen molar-refractivity contribution >= 4 is 45.2 Å². The molecule has 0 unspecified atom stereocenters. The van der Waals surface area contributed by atoms with Crippen LogP contribution in [0.1, 0.15) is 5.56 Å². The van der Waals surface area contributed by atoms with E-state index in [1.165, 1.54) is 13.2 Å². The van der Waals surface area contributed by atoms with Crippen molar-refractivity contribution < 1.29 is 14.3 Å². The molecule has 1 amide bonds. The quantitative estimate of drug-likeness (QED) is 0.398. The van der Waals surface area contributed by atoms with Gasteiger partial charge in [-0.05, 0) is 48.0 Å². The van der Waals surface area contributed by atoms with Gasteiger partial charge >= 0.3 is 0 Å².